The fraction of sp³-hybridized carbons (Fsp3) is 0.481. The maximum Gasteiger partial charge on any atom is 0.159 e. The Morgan fingerprint density at radius 1 is 1.14 bits per heavy atom. The summed E-state index contributed by atoms with van der Waals surface area (Å²) in [5.41, 5.74) is 7.14. The monoisotopic (exact) mass is 474 g/mol. The van der Waals surface area contributed by atoms with Crippen LogP contribution in [0.2, 0.25) is 0 Å². The van der Waals surface area contributed by atoms with E-state index in [2.05, 4.69) is 58.6 Å². The number of fused-ring (bicyclic) bond motifs is 1. The Morgan fingerprint density at radius 2 is 1.91 bits per heavy atom. The largest absolute Gasteiger partial charge is 0.366 e. The van der Waals surface area contributed by atoms with E-state index >= 15 is 0 Å². The summed E-state index contributed by atoms with van der Waals surface area (Å²) >= 11 is 0. The molecule has 0 N–H and O–H groups in total. The van der Waals surface area contributed by atoms with Gasteiger partial charge in [-0.25, -0.2) is 19.9 Å². The Hall–Kier alpha value is -3.42. The summed E-state index contributed by atoms with van der Waals surface area (Å²) in [4.78, 5) is 27.7. The smallest absolute Gasteiger partial charge is 0.159 e. The third-order valence-electron chi connectivity index (χ3n) is 7.00. The van der Waals surface area contributed by atoms with Crippen LogP contribution in [0.4, 0.5) is 11.6 Å². The third-order valence-corrected chi connectivity index (χ3v) is 7.00. The second-order valence-corrected chi connectivity index (χ2v) is 9.36. The first-order valence-corrected chi connectivity index (χ1v) is 12.5. The van der Waals surface area contributed by atoms with Crippen LogP contribution in [-0.2, 0) is 0 Å². The van der Waals surface area contributed by atoms with Crippen molar-refractivity contribution in [1.82, 2.24) is 29.7 Å². The first kappa shape index (κ1) is 24.7. The van der Waals surface area contributed by atoms with Crippen molar-refractivity contribution in [3.05, 3.63) is 60.2 Å². The van der Waals surface area contributed by atoms with Crippen molar-refractivity contribution in [1.29, 1.82) is 0 Å². The molecule has 4 rings (SSSR count). The average molecular weight is 475 g/mol. The van der Waals surface area contributed by atoms with E-state index in [4.69, 9.17) is 9.97 Å². The van der Waals surface area contributed by atoms with Crippen LogP contribution in [0.5, 0.6) is 0 Å². The van der Waals surface area contributed by atoms with Crippen LogP contribution in [0.15, 0.2) is 43.1 Å². The molecule has 8 heteroatoms. The van der Waals surface area contributed by atoms with E-state index in [1.165, 1.54) is 11.4 Å². The SMILES string of the molecule is C=C1C(N2CCN(C(=C)c3cc(C)ncn3)CC2CC)=C(CC)N(CC)c2ncc(N(C)C)nc21. The van der Waals surface area contributed by atoms with Crippen molar-refractivity contribution in [2.75, 3.05) is 50.1 Å². The van der Waals surface area contributed by atoms with Gasteiger partial charge in [-0.15, -0.1) is 0 Å². The van der Waals surface area contributed by atoms with Crippen LogP contribution >= 0.6 is 0 Å². The third kappa shape index (κ3) is 4.49. The number of hydrogen-bond acceptors (Lipinski definition) is 8. The first-order valence-electron chi connectivity index (χ1n) is 12.5. The van der Waals surface area contributed by atoms with Crippen molar-refractivity contribution in [2.45, 2.75) is 46.6 Å². The van der Waals surface area contributed by atoms with Gasteiger partial charge in [-0.2, -0.15) is 0 Å². The Bertz CT molecular complexity index is 1150. The molecule has 2 aliphatic rings. The van der Waals surface area contributed by atoms with Crippen molar-refractivity contribution in [3.63, 3.8) is 0 Å². The first-order chi connectivity index (χ1) is 16.8. The van der Waals surface area contributed by atoms with Crippen molar-refractivity contribution < 1.29 is 0 Å². The van der Waals surface area contributed by atoms with Crippen molar-refractivity contribution in [2.24, 2.45) is 0 Å². The molecule has 4 heterocycles. The second kappa shape index (κ2) is 10.1. The van der Waals surface area contributed by atoms with Gasteiger partial charge in [0, 0.05) is 63.3 Å². The number of aryl methyl sites for hydroxylation is 1. The normalized spacial score (nSPS) is 18.2. The summed E-state index contributed by atoms with van der Waals surface area (Å²) in [5.74, 6) is 1.75. The molecule has 8 nitrogen and oxygen atoms in total. The van der Waals surface area contributed by atoms with Gasteiger partial charge in [0.05, 0.1) is 23.3 Å². The van der Waals surface area contributed by atoms with Gasteiger partial charge in [0.15, 0.2) is 5.82 Å². The lowest BCUT2D eigenvalue weighted by Crippen LogP contribution is -2.52. The zero-order chi connectivity index (χ0) is 25.3. The van der Waals surface area contributed by atoms with E-state index in [0.29, 0.717) is 6.04 Å². The van der Waals surface area contributed by atoms with Gasteiger partial charge in [-0.1, -0.05) is 27.0 Å². The molecule has 1 fully saturated rings. The summed E-state index contributed by atoms with van der Waals surface area (Å²) in [6.45, 7) is 21.1. The van der Waals surface area contributed by atoms with Gasteiger partial charge >= 0.3 is 0 Å². The van der Waals surface area contributed by atoms with Gasteiger partial charge < -0.3 is 19.6 Å². The molecular formula is C27H38N8. The zero-order valence-corrected chi connectivity index (χ0v) is 22.0. The molecule has 0 aliphatic carbocycles. The van der Waals surface area contributed by atoms with Gasteiger partial charge in [0.2, 0.25) is 0 Å². The summed E-state index contributed by atoms with van der Waals surface area (Å²) in [5, 5.41) is 0. The lowest BCUT2D eigenvalue weighted by Gasteiger charge is -2.48. The minimum atomic E-state index is 0.321. The number of allylic oxidation sites excluding steroid dienone is 2. The van der Waals surface area contributed by atoms with Crippen LogP contribution < -0.4 is 9.80 Å². The number of rotatable bonds is 7. The van der Waals surface area contributed by atoms with E-state index in [1.807, 2.05) is 38.2 Å². The van der Waals surface area contributed by atoms with Crippen LogP contribution in [0, 0.1) is 6.92 Å². The molecule has 1 unspecified atom stereocenters. The van der Waals surface area contributed by atoms with E-state index in [-0.39, 0.29) is 0 Å². The van der Waals surface area contributed by atoms with E-state index in [1.54, 1.807) is 6.33 Å². The highest BCUT2D eigenvalue weighted by molar-refractivity contribution is 5.87. The summed E-state index contributed by atoms with van der Waals surface area (Å²) in [6, 6.07) is 2.33. The number of nitrogens with zero attached hydrogens (tertiary/aromatic N) is 8. The highest BCUT2D eigenvalue weighted by atomic mass is 15.3. The zero-order valence-electron chi connectivity index (χ0n) is 22.0. The van der Waals surface area contributed by atoms with Gasteiger partial charge in [-0.05, 0) is 32.8 Å². The van der Waals surface area contributed by atoms with Crippen LogP contribution in [0.25, 0.3) is 11.3 Å². The van der Waals surface area contributed by atoms with Crippen LogP contribution in [0.1, 0.15) is 50.7 Å². The molecule has 0 spiro atoms. The molecule has 2 aromatic heterocycles. The minimum Gasteiger partial charge on any atom is -0.366 e. The Morgan fingerprint density at radius 3 is 2.54 bits per heavy atom. The van der Waals surface area contributed by atoms with Gasteiger partial charge in [0.1, 0.15) is 17.8 Å². The summed E-state index contributed by atoms with van der Waals surface area (Å²) in [6.07, 6.45) is 5.39. The number of anilines is 2. The summed E-state index contributed by atoms with van der Waals surface area (Å²) in [7, 11) is 3.98. The molecule has 1 saturated heterocycles. The summed E-state index contributed by atoms with van der Waals surface area (Å²) < 4.78 is 0. The molecule has 1 atom stereocenters. The number of piperazine rings is 1. The standard InChI is InChI=1S/C27H38N8/c1-9-21-16-33(20(6)22-14-18(4)29-17-30-22)12-13-35(21)26-19(5)25-27(34(11-3)23(26)10-2)28-15-24(31-25)32(7)8/h14-15,17,21H,5-6,9-13,16H2,1-4,7-8H3. The van der Waals surface area contributed by atoms with Crippen molar-refractivity contribution in [3.8, 4) is 0 Å². The molecule has 0 aromatic carbocycles. The Balaban J connectivity index is 1.68. The Labute approximate surface area is 209 Å². The predicted molar refractivity (Wildman–Crippen MR) is 144 cm³/mol. The maximum atomic E-state index is 4.97. The fourth-order valence-electron chi connectivity index (χ4n) is 5.09. The highest BCUT2D eigenvalue weighted by Gasteiger charge is 2.36. The van der Waals surface area contributed by atoms with Gasteiger partial charge in [-0.3, -0.25) is 0 Å². The van der Waals surface area contributed by atoms with E-state index in [0.717, 1.165) is 79.0 Å². The fourth-order valence-corrected chi connectivity index (χ4v) is 5.09. The lowest BCUT2D eigenvalue weighted by atomic mass is 9.96. The van der Waals surface area contributed by atoms with Crippen LogP contribution in [-0.4, -0.2) is 76.1 Å². The molecular weight excluding hydrogens is 436 g/mol. The molecule has 0 bridgehead atoms. The quantitative estimate of drug-likeness (QED) is 0.592. The molecule has 0 saturated carbocycles. The number of hydrogen-bond donors (Lipinski definition) is 0. The second-order valence-electron chi connectivity index (χ2n) is 9.36. The molecule has 0 amide bonds. The molecule has 2 aromatic rings. The maximum absolute atomic E-state index is 4.97. The molecule has 2 aliphatic heterocycles. The average Bonchev–Trinajstić information content (AvgIpc) is 2.87. The molecule has 0 radical (unpaired) electrons. The minimum absolute atomic E-state index is 0.321. The van der Waals surface area contributed by atoms with Crippen LogP contribution in [0.3, 0.4) is 0 Å². The molecule has 35 heavy (non-hydrogen) atoms. The highest BCUT2D eigenvalue weighted by Crippen LogP contribution is 2.42. The topological polar surface area (TPSA) is 64.5 Å². The van der Waals surface area contributed by atoms with E-state index in [9.17, 15) is 0 Å². The Kier molecular flexibility index (Phi) is 7.10. The lowest BCUT2D eigenvalue weighted by molar-refractivity contribution is 0.142. The predicted octanol–water partition coefficient (Wildman–Crippen LogP) is 4.18. The van der Waals surface area contributed by atoms with E-state index < -0.39 is 0 Å². The van der Waals surface area contributed by atoms with Crippen molar-refractivity contribution >= 4 is 22.9 Å². The molecule has 186 valence electrons. The number of aromatic nitrogens is 4. The van der Waals surface area contributed by atoms with Gasteiger partial charge in [0.25, 0.3) is 0 Å².